The van der Waals surface area contributed by atoms with E-state index < -0.39 is 18.0 Å². The Balaban J connectivity index is 1.71. The van der Waals surface area contributed by atoms with Gasteiger partial charge < -0.3 is 5.32 Å². The molecule has 1 N–H and O–H groups in total. The molecule has 0 radical (unpaired) electrons. The van der Waals surface area contributed by atoms with Crippen molar-refractivity contribution in [2.24, 2.45) is 7.05 Å². The molecule has 0 spiro atoms. The predicted octanol–water partition coefficient (Wildman–Crippen LogP) is 5.10. The van der Waals surface area contributed by atoms with Crippen LogP contribution < -0.4 is 5.32 Å². The topological polar surface area (TPSA) is 46.9 Å². The number of halogens is 3. The second-order valence-electron chi connectivity index (χ2n) is 6.84. The number of fused-ring (bicyclic) bond motifs is 5. The Labute approximate surface area is 154 Å². The number of anilines is 1. The minimum Gasteiger partial charge on any atom is -0.322 e. The highest BCUT2D eigenvalue weighted by Crippen LogP contribution is 2.60. The van der Waals surface area contributed by atoms with E-state index in [2.05, 4.69) is 16.5 Å². The molecule has 0 aliphatic heterocycles. The Bertz CT molecular complexity index is 931. The normalized spacial score (nSPS) is 22.7. The van der Waals surface area contributed by atoms with E-state index in [4.69, 9.17) is 11.6 Å². The summed E-state index contributed by atoms with van der Waals surface area (Å²) >= 11 is 6.31. The van der Waals surface area contributed by atoms with Gasteiger partial charge in [0.25, 0.3) is 12.3 Å². The van der Waals surface area contributed by atoms with Gasteiger partial charge >= 0.3 is 0 Å². The van der Waals surface area contributed by atoms with Crippen molar-refractivity contribution in [2.75, 3.05) is 5.32 Å². The summed E-state index contributed by atoms with van der Waals surface area (Å²) in [6.07, 6.45) is 0.550. The summed E-state index contributed by atoms with van der Waals surface area (Å²) in [6.45, 7) is 1.90. The number of rotatable bonds is 3. The molecule has 2 aliphatic carbocycles. The van der Waals surface area contributed by atoms with Crippen LogP contribution in [0.1, 0.15) is 65.2 Å². The molecule has 4 nitrogen and oxygen atoms in total. The first-order valence-corrected chi connectivity index (χ1v) is 8.88. The molecule has 1 amide bonds. The standard InChI is InChI=1S/C19H18ClF2N3O/c1-9(20)15-11-6-7-12(15)16-10(11)4-3-5-14(16)23-19(26)13-8-25(2)24-17(13)18(21)22/h3-5,8,11-12,18H,6-7H2,1-2H3,(H,23,26)/b15-9+/t11?,12-/m1/s1. The largest absolute Gasteiger partial charge is 0.322 e. The molecular weight excluding hydrogens is 360 g/mol. The Kier molecular flexibility index (Phi) is 4.10. The maximum absolute atomic E-state index is 13.1. The van der Waals surface area contributed by atoms with E-state index in [1.54, 1.807) is 0 Å². The first kappa shape index (κ1) is 17.2. The Morgan fingerprint density at radius 3 is 2.77 bits per heavy atom. The average Bonchev–Trinajstić information content (AvgIpc) is 3.26. The first-order valence-electron chi connectivity index (χ1n) is 8.50. The summed E-state index contributed by atoms with van der Waals surface area (Å²) in [5, 5.41) is 7.32. The molecule has 0 saturated heterocycles. The zero-order valence-corrected chi connectivity index (χ0v) is 15.1. The van der Waals surface area contributed by atoms with Crippen LogP contribution in [0.5, 0.6) is 0 Å². The van der Waals surface area contributed by atoms with Crippen molar-refractivity contribution in [1.82, 2.24) is 9.78 Å². The summed E-state index contributed by atoms with van der Waals surface area (Å²) in [6, 6.07) is 5.76. The summed E-state index contributed by atoms with van der Waals surface area (Å²) in [5.74, 6) is -0.0930. The van der Waals surface area contributed by atoms with Crippen LogP contribution in [-0.2, 0) is 7.05 Å². The summed E-state index contributed by atoms with van der Waals surface area (Å²) in [4.78, 5) is 12.6. The molecule has 1 heterocycles. The van der Waals surface area contributed by atoms with Crippen molar-refractivity contribution in [3.63, 3.8) is 0 Å². The van der Waals surface area contributed by atoms with Gasteiger partial charge in [-0.3, -0.25) is 9.48 Å². The fraction of sp³-hybridized carbons (Fsp3) is 0.368. The highest BCUT2D eigenvalue weighted by Gasteiger charge is 2.43. The molecule has 2 bridgehead atoms. The maximum Gasteiger partial charge on any atom is 0.282 e. The lowest BCUT2D eigenvalue weighted by atomic mass is 9.90. The van der Waals surface area contributed by atoms with Crippen LogP contribution in [0.25, 0.3) is 0 Å². The summed E-state index contributed by atoms with van der Waals surface area (Å²) in [7, 11) is 1.52. The number of carbonyl (C=O) groups is 1. The van der Waals surface area contributed by atoms with Gasteiger partial charge in [-0.2, -0.15) is 5.10 Å². The third-order valence-corrected chi connectivity index (χ3v) is 5.53. The van der Waals surface area contributed by atoms with E-state index in [-0.39, 0.29) is 11.5 Å². The van der Waals surface area contributed by atoms with Gasteiger partial charge in [0.1, 0.15) is 5.69 Å². The van der Waals surface area contributed by atoms with Gasteiger partial charge in [-0.05, 0) is 42.5 Å². The number of amides is 1. The number of hydrogen-bond acceptors (Lipinski definition) is 2. The van der Waals surface area contributed by atoms with E-state index >= 15 is 0 Å². The van der Waals surface area contributed by atoms with Gasteiger partial charge in [0, 0.05) is 35.8 Å². The van der Waals surface area contributed by atoms with Gasteiger partial charge in [-0.1, -0.05) is 23.7 Å². The number of alkyl halides is 2. The van der Waals surface area contributed by atoms with E-state index in [0.717, 1.165) is 23.4 Å². The molecule has 2 aliphatic rings. The molecule has 1 unspecified atom stereocenters. The highest BCUT2D eigenvalue weighted by molar-refractivity contribution is 6.29. The molecule has 2 aromatic rings. The third-order valence-electron chi connectivity index (χ3n) is 5.31. The number of nitrogens with one attached hydrogen (secondary N) is 1. The number of allylic oxidation sites excluding steroid dienone is 2. The number of aryl methyl sites for hydroxylation is 1. The lowest BCUT2D eigenvalue weighted by molar-refractivity contribution is 0.101. The molecule has 4 rings (SSSR count). The molecule has 7 heteroatoms. The Morgan fingerprint density at radius 2 is 2.08 bits per heavy atom. The molecule has 26 heavy (non-hydrogen) atoms. The van der Waals surface area contributed by atoms with Crippen molar-refractivity contribution in [3.8, 4) is 0 Å². The van der Waals surface area contributed by atoms with Crippen molar-refractivity contribution < 1.29 is 13.6 Å². The highest BCUT2D eigenvalue weighted by atomic mass is 35.5. The van der Waals surface area contributed by atoms with Crippen LogP contribution in [-0.4, -0.2) is 15.7 Å². The van der Waals surface area contributed by atoms with E-state index in [9.17, 15) is 13.6 Å². The van der Waals surface area contributed by atoms with Crippen LogP contribution in [0.3, 0.4) is 0 Å². The van der Waals surface area contributed by atoms with Crippen molar-refractivity contribution in [1.29, 1.82) is 0 Å². The Hall–Kier alpha value is -2.21. The van der Waals surface area contributed by atoms with Gasteiger partial charge in [-0.15, -0.1) is 0 Å². The van der Waals surface area contributed by atoms with Crippen molar-refractivity contribution in [3.05, 3.63) is 57.4 Å². The first-order chi connectivity index (χ1) is 12.4. The van der Waals surface area contributed by atoms with Gasteiger partial charge in [0.2, 0.25) is 0 Å². The molecule has 1 fully saturated rings. The monoisotopic (exact) mass is 377 g/mol. The second-order valence-corrected chi connectivity index (χ2v) is 7.40. The summed E-state index contributed by atoms with van der Waals surface area (Å²) < 4.78 is 27.5. The molecule has 1 aromatic carbocycles. The van der Waals surface area contributed by atoms with Crippen LogP contribution >= 0.6 is 11.6 Å². The smallest absolute Gasteiger partial charge is 0.282 e. The van der Waals surface area contributed by atoms with E-state index in [1.165, 1.54) is 29.1 Å². The van der Waals surface area contributed by atoms with Crippen molar-refractivity contribution >= 4 is 23.2 Å². The minimum absolute atomic E-state index is 0.104. The number of hydrogen-bond donors (Lipinski definition) is 1. The quantitative estimate of drug-likeness (QED) is 0.809. The van der Waals surface area contributed by atoms with E-state index in [1.807, 2.05) is 19.1 Å². The molecular formula is C19H18ClF2N3O. The zero-order valence-electron chi connectivity index (χ0n) is 14.4. The molecule has 1 saturated carbocycles. The minimum atomic E-state index is -2.80. The van der Waals surface area contributed by atoms with Gasteiger partial charge in [0.15, 0.2) is 0 Å². The van der Waals surface area contributed by atoms with Gasteiger partial charge in [0.05, 0.1) is 5.56 Å². The Morgan fingerprint density at radius 1 is 1.35 bits per heavy atom. The van der Waals surface area contributed by atoms with E-state index in [0.29, 0.717) is 11.6 Å². The van der Waals surface area contributed by atoms with Crippen LogP contribution in [0.15, 0.2) is 35.0 Å². The number of carbonyl (C=O) groups excluding carboxylic acids is 1. The van der Waals surface area contributed by atoms with Crippen LogP contribution in [0.2, 0.25) is 0 Å². The fourth-order valence-corrected chi connectivity index (χ4v) is 4.67. The number of aromatic nitrogens is 2. The lowest BCUT2D eigenvalue weighted by Crippen LogP contribution is -2.16. The fourth-order valence-electron chi connectivity index (χ4n) is 4.41. The third kappa shape index (κ3) is 2.55. The molecule has 1 aromatic heterocycles. The lowest BCUT2D eigenvalue weighted by Gasteiger charge is -2.18. The van der Waals surface area contributed by atoms with Crippen LogP contribution in [0, 0.1) is 0 Å². The maximum atomic E-state index is 13.1. The zero-order chi connectivity index (χ0) is 18.6. The predicted molar refractivity (Wildman–Crippen MR) is 95.8 cm³/mol. The molecule has 136 valence electrons. The number of benzene rings is 1. The van der Waals surface area contributed by atoms with Crippen molar-refractivity contribution in [2.45, 2.75) is 38.0 Å². The summed E-state index contributed by atoms with van der Waals surface area (Å²) in [5.41, 5.74) is 3.52. The molecule has 2 atom stereocenters. The van der Waals surface area contributed by atoms with Gasteiger partial charge in [-0.25, -0.2) is 8.78 Å². The number of nitrogens with zero attached hydrogens (tertiary/aromatic N) is 2. The van der Waals surface area contributed by atoms with Crippen LogP contribution in [0.4, 0.5) is 14.5 Å². The average molecular weight is 378 g/mol. The SMILES string of the molecule is C/C(Cl)=C1/C2CC[C@H]1c1c(NC(=O)c3cn(C)nc3C(F)F)cccc12. The second kappa shape index (κ2) is 6.20.